The predicted molar refractivity (Wildman–Crippen MR) is 61.3 cm³/mol. The van der Waals surface area contributed by atoms with Crippen LogP contribution >= 0.6 is 11.3 Å². The van der Waals surface area contributed by atoms with E-state index in [1.54, 1.807) is 5.51 Å². The van der Waals surface area contributed by atoms with Gasteiger partial charge in [-0.05, 0) is 0 Å². The third-order valence-corrected chi connectivity index (χ3v) is 3.28. The lowest BCUT2D eigenvalue weighted by atomic mass is 10.1. The fourth-order valence-corrected chi connectivity index (χ4v) is 2.44. The Kier molecular flexibility index (Phi) is 3.87. The summed E-state index contributed by atoms with van der Waals surface area (Å²) < 4.78 is 4.85. The number of aromatic nitrogens is 1. The summed E-state index contributed by atoms with van der Waals surface area (Å²) in [6.45, 7) is 3.49. The lowest BCUT2D eigenvalue weighted by Crippen LogP contribution is -2.47. The number of rotatable bonds is 3. The number of esters is 1. The SMILES string of the molecule is COC(=O)C(c1cscn1)N1CCNCC1. The van der Waals surface area contributed by atoms with Crippen molar-refractivity contribution >= 4 is 17.3 Å². The Morgan fingerprint density at radius 1 is 1.62 bits per heavy atom. The second-order valence-corrected chi connectivity index (χ2v) is 4.34. The number of nitrogens with one attached hydrogen (secondary N) is 1. The molecule has 1 fully saturated rings. The quantitative estimate of drug-likeness (QED) is 0.769. The van der Waals surface area contributed by atoms with E-state index < -0.39 is 0 Å². The maximum Gasteiger partial charge on any atom is 0.329 e. The highest BCUT2D eigenvalue weighted by Crippen LogP contribution is 2.22. The fraction of sp³-hybridized carbons (Fsp3) is 0.600. The lowest BCUT2D eigenvalue weighted by Gasteiger charge is -2.32. The van der Waals surface area contributed by atoms with Crippen LogP contribution in [0.25, 0.3) is 0 Å². The molecule has 6 heteroatoms. The summed E-state index contributed by atoms with van der Waals surface area (Å²) in [4.78, 5) is 18.1. The molecule has 0 spiro atoms. The van der Waals surface area contributed by atoms with Crippen molar-refractivity contribution in [3.05, 3.63) is 16.6 Å². The van der Waals surface area contributed by atoms with Gasteiger partial charge in [0, 0.05) is 31.6 Å². The summed E-state index contributed by atoms with van der Waals surface area (Å²) >= 11 is 1.50. The largest absolute Gasteiger partial charge is 0.468 e. The molecule has 2 heterocycles. The first-order chi connectivity index (χ1) is 7.83. The van der Waals surface area contributed by atoms with Crippen LogP contribution in [0.2, 0.25) is 0 Å². The number of methoxy groups -OCH3 is 1. The van der Waals surface area contributed by atoms with Gasteiger partial charge in [0.2, 0.25) is 0 Å². The molecule has 0 radical (unpaired) electrons. The highest BCUT2D eigenvalue weighted by atomic mass is 32.1. The van der Waals surface area contributed by atoms with Crippen molar-refractivity contribution in [2.45, 2.75) is 6.04 Å². The Morgan fingerprint density at radius 2 is 2.38 bits per heavy atom. The van der Waals surface area contributed by atoms with Gasteiger partial charge in [-0.25, -0.2) is 9.78 Å². The van der Waals surface area contributed by atoms with Crippen molar-refractivity contribution in [2.24, 2.45) is 0 Å². The maximum absolute atomic E-state index is 11.8. The van der Waals surface area contributed by atoms with E-state index in [0.717, 1.165) is 31.9 Å². The van der Waals surface area contributed by atoms with Crippen LogP contribution in [0.1, 0.15) is 11.7 Å². The Balaban J connectivity index is 2.17. The zero-order valence-corrected chi connectivity index (χ0v) is 10.00. The van der Waals surface area contributed by atoms with Gasteiger partial charge >= 0.3 is 5.97 Å². The molecule has 1 aromatic rings. The van der Waals surface area contributed by atoms with Crippen LogP contribution in [0.5, 0.6) is 0 Å². The Hall–Kier alpha value is -0.980. The van der Waals surface area contributed by atoms with Gasteiger partial charge < -0.3 is 10.1 Å². The molecule has 1 unspecified atom stereocenters. The topological polar surface area (TPSA) is 54.5 Å². The summed E-state index contributed by atoms with van der Waals surface area (Å²) in [6, 6.07) is -0.349. The summed E-state index contributed by atoms with van der Waals surface area (Å²) in [7, 11) is 1.42. The molecular weight excluding hydrogens is 226 g/mol. The van der Waals surface area contributed by atoms with Gasteiger partial charge in [0.05, 0.1) is 18.3 Å². The van der Waals surface area contributed by atoms with E-state index in [9.17, 15) is 4.79 Å². The van der Waals surface area contributed by atoms with Crippen molar-refractivity contribution in [3.63, 3.8) is 0 Å². The lowest BCUT2D eigenvalue weighted by molar-refractivity contribution is -0.147. The summed E-state index contributed by atoms with van der Waals surface area (Å²) in [5.41, 5.74) is 2.53. The minimum absolute atomic E-state index is 0.229. The number of hydrogen-bond acceptors (Lipinski definition) is 6. The molecule has 1 aliphatic heterocycles. The minimum atomic E-state index is -0.349. The maximum atomic E-state index is 11.8. The van der Waals surface area contributed by atoms with Crippen molar-refractivity contribution in [1.82, 2.24) is 15.2 Å². The van der Waals surface area contributed by atoms with E-state index >= 15 is 0 Å². The number of carbonyl (C=O) groups excluding carboxylic acids is 1. The molecule has 0 aliphatic carbocycles. The van der Waals surface area contributed by atoms with E-state index in [4.69, 9.17) is 4.74 Å². The third kappa shape index (κ3) is 2.40. The second-order valence-electron chi connectivity index (χ2n) is 3.62. The number of hydrogen-bond donors (Lipinski definition) is 1. The van der Waals surface area contributed by atoms with Crippen LogP contribution in [0, 0.1) is 0 Å². The standard InChI is InChI=1S/C10H15N3O2S/c1-15-10(14)9(8-6-16-7-12-8)13-4-2-11-3-5-13/h6-7,9,11H,2-5H2,1H3. The number of ether oxygens (including phenoxy) is 1. The summed E-state index contributed by atoms with van der Waals surface area (Å²) in [5.74, 6) is -0.229. The first-order valence-electron chi connectivity index (χ1n) is 5.23. The smallest absolute Gasteiger partial charge is 0.329 e. The average Bonchev–Trinajstić information content (AvgIpc) is 2.84. The number of carbonyl (C=O) groups is 1. The van der Waals surface area contributed by atoms with Gasteiger partial charge in [-0.1, -0.05) is 0 Å². The molecule has 0 amide bonds. The number of nitrogens with zero attached hydrogens (tertiary/aromatic N) is 2. The molecule has 0 aromatic carbocycles. The molecule has 1 N–H and O–H groups in total. The minimum Gasteiger partial charge on any atom is -0.468 e. The predicted octanol–water partition coefficient (Wildman–Crippen LogP) is 0.262. The molecule has 1 aromatic heterocycles. The molecule has 5 nitrogen and oxygen atoms in total. The second kappa shape index (κ2) is 5.38. The zero-order chi connectivity index (χ0) is 11.4. The molecule has 0 bridgehead atoms. The van der Waals surface area contributed by atoms with Gasteiger partial charge in [0.15, 0.2) is 6.04 Å². The first kappa shape index (κ1) is 11.5. The van der Waals surface area contributed by atoms with Crippen LogP contribution in [-0.4, -0.2) is 49.1 Å². The Labute approximate surface area is 98.4 Å². The van der Waals surface area contributed by atoms with E-state index in [2.05, 4.69) is 15.2 Å². The number of piperazine rings is 1. The van der Waals surface area contributed by atoms with Crippen molar-refractivity contribution in [2.75, 3.05) is 33.3 Å². The van der Waals surface area contributed by atoms with Crippen LogP contribution in [-0.2, 0) is 9.53 Å². The zero-order valence-electron chi connectivity index (χ0n) is 9.18. The molecule has 0 saturated carbocycles. The highest BCUT2D eigenvalue weighted by molar-refractivity contribution is 7.07. The van der Waals surface area contributed by atoms with E-state index in [1.165, 1.54) is 18.4 Å². The van der Waals surface area contributed by atoms with Gasteiger partial charge in [-0.2, -0.15) is 0 Å². The molecule has 16 heavy (non-hydrogen) atoms. The normalized spacial score (nSPS) is 19.3. The van der Waals surface area contributed by atoms with Gasteiger partial charge in [0.1, 0.15) is 0 Å². The van der Waals surface area contributed by atoms with Crippen molar-refractivity contribution in [1.29, 1.82) is 0 Å². The molecule has 1 saturated heterocycles. The molecule has 2 rings (SSSR count). The molecule has 1 atom stereocenters. The fourth-order valence-electron chi connectivity index (χ4n) is 1.87. The van der Waals surface area contributed by atoms with Crippen molar-refractivity contribution in [3.8, 4) is 0 Å². The number of thiazole rings is 1. The molecule has 88 valence electrons. The summed E-state index contributed by atoms with van der Waals surface area (Å²) in [6.07, 6.45) is 0. The Bertz CT molecular complexity index is 336. The van der Waals surface area contributed by atoms with Crippen LogP contribution in [0.4, 0.5) is 0 Å². The first-order valence-corrected chi connectivity index (χ1v) is 6.18. The van der Waals surface area contributed by atoms with E-state index in [0.29, 0.717) is 0 Å². The van der Waals surface area contributed by atoms with Crippen molar-refractivity contribution < 1.29 is 9.53 Å². The highest BCUT2D eigenvalue weighted by Gasteiger charge is 2.30. The van der Waals surface area contributed by atoms with Crippen LogP contribution < -0.4 is 5.32 Å². The van der Waals surface area contributed by atoms with Gasteiger partial charge in [-0.3, -0.25) is 4.90 Å². The van der Waals surface area contributed by atoms with Crippen LogP contribution in [0.3, 0.4) is 0 Å². The van der Waals surface area contributed by atoms with Gasteiger partial charge in [-0.15, -0.1) is 11.3 Å². The molecular formula is C10H15N3O2S. The van der Waals surface area contributed by atoms with E-state index in [1.807, 2.05) is 5.38 Å². The van der Waals surface area contributed by atoms with Gasteiger partial charge in [0.25, 0.3) is 0 Å². The van der Waals surface area contributed by atoms with E-state index in [-0.39, 0.29) is 12.0 Å². The Morgan fingerprint density at radius 3 is 2.94 bits per heavy atom. The van der Waals surface area contributed by atoms with Crippen LogP contribution in [0.15, 0.2) is 10.9 Å². The third-order valence-electron chi connectivity index (χ3n) is 2.67. The average molecular weight is 241 g/mol. The molecule has 1 aliphatic rings. The summed E-state index contributed by atoms with van der Waals surface area (Å²) in [5, 5.41) is 5.17. The monoisotopic (exact) mass is 241 g/mol.